The molecule has 1 aliphatic rings. The quantitative estimate of drug-likeness (QED) is 0.481. The van der Waals surface area contributed by atoms with Crippen LogP contribution in [0.5, 0.6) is 0 Å². The molecule has 0 bridgehead atoms. The number of rotatable bonds is 6. The van der Waals surface area contributed by atoms with Crippen molar-refractivity contribution in [2.45, 2.75) is 25.4 Å². The Hall–Kier alpha value is -3.26. The van der Waals surface area contributed by atoms with Crippen LogP contribution in [0.2, 0.25) is 5.02 Å². The van der Waals surface area contributed by atoms with Gasteiger partial charge < -0.3 is 9.42 Å². The molecule has 9 heteroatoms. The van der Waals surface area contributed by atoms with Crippen LogP contribution in [0.3, 0.4) is 0 Å². The second kappa shape index (κ2) is 7.29. The molecular formula is C20H18ClN7O. The van der Waals surface area contributed by atoms with Crippen LogP contribution in [0.1, 0.15) is 18.7 Å². The number of hydrogen-bond acceptors (Lipinski definition) is 7. The number of aromatic nitrogens is 6. The van der Waals surface area contributed by atoms with Crippen molar-refractivity contribution in [1.82, 2.24) is 29.9 Å². The van der Waals surface area contributed by atoms with Crippen LogP contribution in [0.4, 0.5) is 5.95 Å². The highest BCUT2D eigenvalue weighted by molar-refractivity contribution is 6.30. The van der Waals surface area contributed by atoms with Gasteiger partial charge in [0.2, 0.25) is 5.95 Å². The topological polar surface area (TPSA) is 85.8 Å². The molecule has 4 aromatic rings. The molecule has 0 atom stereocenters. The van der Waals surface area contributed by atoms with E-state index in [-0.39, 0.29) is 0 Å². The molecule has 3 heterocycles. The Balaban J connectivity index is 1.41. The smallest absolute Gasteiger partial charge is 0.257 e. The van der Waals surface area contributed by atoms with Gasteiger partial charge in [-0.2, -0.15) is 4.98 Å². The second-order valence-corrected chi connectivity index (χ2v) is 7.44. The fourth-order valence-electron chi connectivity index (χ4n) is 3.25. The summed E-state index contributed by atoms with van der Waals surface area (Å²) in [6.45, 7) is 0.504. The Morgan fingerprint density at radius 1 is 1.07 bits per heavy atom. The zero-order valence-electron chi connectivity index (χ0n) is 15.7. The van der Waals surface area contributed by atoms with E-state index in [9.17, 15) is 0 Å². The van der Waals surface area contributed by atoms with Gasteiger partial charge in [0.1, 0.15) is 0 Å². The van der Waals surface area contributed by atoms with Crippen LogP contribution < -0.4 is 4.90 Å². The van der Waals surface area contributed by atoms with Crippen molar-refractivity contribution in [3.63, 3.8) is 0 Å². The molecule has 0 saturated heterocycles. The average Bonchev–Trinajstić information content (AvgIpc) is 3.37. The van der Waals surface area contributed by atoms with Crippen molar-refractivity contribution in [1.29, 1.82) is 0 Å². The Morgan fingerprint density at radius 3 is 2.55 bits per heavy atom. The molecule has 146 valence electrons. The molecule has 1 saturated carbocycles. The summed E-state index contributed by atoms with van der Waals surface area (Å²) in [6, 6.07) is 11.6. The van der Waals surface area contributed by atoms with Gasteiger partial charge >= 0.3 is 0 Å². The van der Waals surface area contributed by atoms with E-state index in [1.54, 1.807) is 24.5 Å². The van der Waals surface area contributed by atoms with Crippen molar-refractivity contribution in [2.24, 2.45) is 7.05 Å². The number of hydrogen-bond donors (Lipinski definition) is 0. The fraction of sp³-hybridized carbons (Fsp3) is 0.250. The van der Waals surface area contributed by atoms with E-state index in [0.717, 1.165) is 35.7 Å². The largest absolute Gasteiger partial charge is 0.334 e. The first-order valence-electron chi connectivity index (χ1n) is 9.34. The van der Waals surface area contributed by atoms with Crippen molar-refractivity contribution >= 4 is 17.5 Å². The SMILES string of the molecule is Cn1c(-c2ccncc2)nnc1N(Cc1noc(-c2ccc(Cl)cc2)n1)C1CC1. The van der Waals surface area contributed by atoms with E-state index >= 15 is 0 Å². The Kier molecular flexibility index (Phi) is 4.48. The molecule has 0 N–H and O–H groups in total. The zero-order chi connectivity index (χ0) is 19.8. The lowest BCUT2D eigenvalue weighted by Crippen LogP contribution is -2.28. The molecule has 1 aromatic carbocycles. The summed E-state index contributed by atoms with van der Waals surface area (Å²) in [5.41, 5.74) is 1.81. The Bertz CT molecular complexity index is 1120. The van der Waals surface area contributed by atoms with Crippen LogP contribution in [0.15, 0.2) is 53.3 Å². The zero-order valence-corrected chi connectivity index (χ0v) is 16.5. The number of pyridine rings is 1. The first kappa shape index (κ1) is 17.8. The third-order valence-corrected chi connectivity index (χ3v) is 5.16. The third-order valence-electron chi connectivity index (χ3n) is 4.91. The van der Waals surface area contributed by atoms with E-state index < -0.39 is 0 Å². The van der Waals surface area contributed by atoms with Crippen molar-refractivity contribution < 1.29 is 4.52 Å². The molecule has 29 heavy (non-hydrogen) atoms. The Labute approximate surface area is 172 Å². The highest BCUT2D eigenvalue weighted by atomic mass is 35.5. The lowest BCUT2D eigenvalue weighted by Gasteiger charge is -2.21. The lowest BCUT2D eigenvalue weighted by molar-refractivity contribution is 0.421. The minimum atomic E-state index is 0.403. The van der Waals surface area contributed by atoms with E-state index in [2.05, 4.69) is 30.2 Å². The van der Waals surface area contributed by atoms with Crippen LogP contribution in [0, 0.1) is 0 Å². The minimum Gasteiger partial charge on any atom is -0.334 e. The number of halogens is 1. The normalized spacial score (nSPS) is 13.6. The predicted molar refractivity (Wildman–Crippen MR) is 108 cm³/mol. The van der Waals surface area contributed by atoms with Gasteiger partial charge in [0.25, 0.3) is 5.89 Å². The molecule has 0 amide bonds. The van der Waals surface area contributed by atoms with Crippen LogP contribution in [0.25, 0.3) is 22.8 Å². The fourth-order valence-corrected chi connectivity index (χ4v) is 3.38. The first-order valence-corrected chi connectivity index (χ1v) is 9.72. The van der Waals surface area contributed by atoms with E-state index in [0.29, 0.717) is 29.3 Å². The average molecular weight is 408 g/mol. The lowest BCUT2D eigenvalue weighted by atomic mass is 10.2. The molecule has 0 unspecified atom stereocenters. The molecular weight excluding hydrogens is 390 g/mol. The Morgan fingerprint density at radius 2 is 1.83 bits per heavy atom. The summed E-state index contributed by atoms with van der Waals surface area (Å²) in [7, 11) is 1.97. The summed E-state index contributed by atoms with van der Waals surface area (Å²) in [5.74, 6) is 2.67. The molecule has 8 nitrogen and oxygen atoms in total. The van der Waals surface area contributed by atoms with Gasteiger partial charge in [0.05, 0.1) is 6.54 Å². The van der Waals surface area contributed by atoms with E-state index in [1.165, 1.54) is 0 Å². The first-order chi connectivity index (χ1) is 14.2. The maximum Gasteiger partial charge on any atom is 0.257 e. The van der Waals surface area contributed by atoms with E-state index in [1.807, 2.05) is 35.9 Å². The van der Waals surface area contributed by atoms with Gasteiger partial charge in [-0.05, 0) is 49.2 Å². The summed E-state index contributed by atoms with van der Waals surface area (Å²) < 4.78 is 7.45. The van der Waals surface area contributed by atoms with Crippen LogP contribution in [-0.2, 0) is 13.6 Å². The molecule has 0 radical (unpaired) electrons. The maximum atomic E-state index is 5.95. The predicted octanol–water partition coefficient (Wildman–Crippen LogP) is 3.75. The van der Waals surface area contributed by atoms with Crippen LogP contribution in [-0.4, -0.2) is 35.9 Å². The van der Waals surface area contributed by atoms with Gasteiger partial charge in [-0.3, -0.25) is 9.55 Å². The number of anilines is 1. The highest BCUT2D eigenvalue weighted by Crippen LogP contribution is 2.33. The monoisotopic (exact) mass is 407 g/mol. The number of benzene rings is 1. The number of nitrogens with zero attached hydrogens (tertiary/aromatic N) is 7. The molecule has 0 spiro atoms. The van der Waals surface area contributed by atoms with Crippen molar-refractivity contribution in [3.05, 3.63) is 59.6 Å². The van der Waals surface area contributed by atoms with E-state index in [4.69, 9.17) is 16.1 Å². The van der Waals surface area contributed by atoms with Gasteiger partial charge in [-0.1, -0.05) is 16.8 Å². The second-order valence-electron chi connectivity index (χ2n) is 7.00. The van der Waals surface area contributed by atoms with Crippen molar-refractivity contribution in [2.75, 3.05) is 4.90 Å². The summed E-state index contributed by atoms with van der Waals surface area (Å²) in [5, 5.41) is 13.7. The van der Waals surface area contributed by atoms with Crippen LogP contribution >= 0.6 is 11.6 Å². The minimum absolute atomic E-state index is 0.403. The summed E-state index contributed by atoms with van der Waals surface area (Å²) in [6.07, 6.45) is 5.72. The molecule has 0 aliphatic heterocycles. The van der Waals surface area contributed by atoms with Gasteiger partial charge in [0, 0.05) is 41.6 Å². The highest BCUT2D eigenvalue weighted by Gasteiger charge is 2.33. The summed E-state index contributed by atoms with van der Waals surface area (Å²) in [4.78, 5) is 10.8. The van der Waals surface area contributed by atoms with Gasteiger partial charge in [-0.15, -0.1) is 10.2 Å². The molecule has 1 fully saturated rings. The molecule has 5 rings (SSSR count). The van der Waals surface area contributed by atoms with Gasteiger partial charge in [0.15, 0.2) is 11.6 Å². The maximum absolute atomic E-state index is 5.95. The molecule has 3 aromatic heterocycles. The van der Waals surface area contributed by atoms with Gasteiger partial charge in [-0.25, -0.2) is 0 Å². The van der Waals surface area contributed by atoms with Crippen molar-refractivity contribution in [3.8, 4) is 22.8 Å². The molecule has 1 aliphatic carbocycles. The standard InChI is InChI=1S/C20H18ClN7O/c1-27-18(13-8-10-22-11-9-13)24-25-20(27)28(16-6-7-16)12-17-23-19(29-26-17)14-2-4-15(21)5-3-14/h2-5,8-11,16H,6-7,12H2,1H3. The summed E-state index contributed by atoms with van der Waals surface area (Å²) >= 11 is 5.95. The third kappa shape index (κ3) is 3.58.